The van der Waals surface area contributed by atoms with Crippen molar-refractivity contribution in [1.82, 2.24) is 0 Å². The molecule has 138 valence electrons. The Morgan fingerprint density at radius 1 is 0.889 bits per heavy atom. The van der Waals surface area contributed by atoms with Crippen molar-refractivity contribution in [3.8, 4) is 11.5 Å². The Kier molecular flexibility index (Phi) is 5.56. The second-order valence-electron chi connectivity index (χ2n) is 5.72. The molecule has 0 aliphatic heterocycles. The first-order valence-corrected chi connectivity index (χ1v) is 8.29. The molecule has 27 heavy (non-hydrogen) atoms. The topological polar surface area (TPSA) is 73.9 Å². The van der Waals surface area contributed by atoms with E-state index in [-0.39, 0.29) is 0 Å². The van der Waals surface area contributed by atoms with Crippen molar-refractivity contribution >= 4 is 28.3 Å². The zero-order chi connectivity index (χ0) is 19.2. The molecule has 0 aromatic heterocycles. The maximum absolute atomic E-state index is 12.4. The molecular weight excluding hydrogens is 346 g/mol. The number of carbonyl (C=O) groups excluding carboxylic acids is 2. The number of rotatable bonds is 6. The average Bonchev–Trinajstić information content (AvgIpc) is 2.71. The van der Waals surface area contributed by atoms with Crippen LogP contribution in [0.3, 0.4) is 0 Å². The molecule has 6 nitrogen and oxygen atoms in total. The molecule has 0 aliphatic carbocycles. The largest absolute Gasteiger partial charge is 0.493 e. The van der Waals surface area contributed by atoms with Crippen LogP contribution in [0, 0.1) is 0 Å². The van der Waals surface area contributed by atoms with E-state index in [0.717, 1.165) is 10.8 Å². The van der Waals surface area contributed by atoms with Crippen molar-refractivity contribution in [1.29, 1.82) is 0 Å². The highest BCUT2D eigenvalue weighted by Gasteiger charge is 2.14. The SMILES string of the molecule is COc1ccc(NC(=O)COC(=O)c2cccc3ccccc23)cc1OC. The first-order valence-electron chi connectivity index (χ1n) is 8.29. The van der Waals surface area contributed by atoms with Gasteiger partial charge in [0.2, 0.25) is 0 Å². The Morgan fingerprint density at radius 3 is 2.41 bits per heavy atom. The number of hydrogen-bond donors (Lipinski definition) is 1. The molecular formula is C21H19NO5. The molecule has 3 aromatic rings. The zero-order valence-corrected chi connectivity index (χ0v) is 15.0. The Morgan fingerprint density at radius 2 is 1.63 bits per heavy atom. The van der Waals surface area contributed by atoms with E-state index in [2.05, 4.69) is 5.32 Å². The lowest BCUT2D eigenvalue weighted by Gasteiger charge is -2.11. The highest BCUT2D eigenvalue weighted by atomic mass is 16.5. The monoisotopic (exact) mass is 365 g/mol. The molecule has 0 spiro atoms. The summed E-state index contributed by atoms with van der Waals surface area (Å²) in [6.07, 6.45) is 0. The van der Waals surface area contributed by atoms with Crippen LogP contribution in [0.1, 0.15) is 10.4 Å². The van der Waals surface area contributed by atoms with Crippen LogP contribution >= 0.6 is 0 Å². The fraction of sp³-hybridized carbons (Fsp3) is 0.143. The molecule has 1 N–H and O–H groups in total. The molecule has 0 heterocycles. The molecule has 0 aliphatic rings. The van der Waals surface area contributed by atoms with Gasteiger partial charge < -0.3 is 19.5 Å². The van der Waals surface area contributed by atoms with Gasteiger partial charge in [-0.05, 0) is 29.0 Å². The van der Waals surface area contributed by atoms with Gasteiger partial charge in [-0.15, -0.1) is 0 Å². The van der Waals surface area contributed by atoms with E-state index < -0.39 is 18.5 Å². The van der Waals surface area contributed by atoms with Crippen molar-refractivity contribution in [2.45, 2.75) is 0 Å². The van der Waals surface area contributed by atoms with Crippen LogP contribution in [-0.4, -0.2) is 32.7 Å². The van der Waals surface area contributed by atoms with Gasteiger partial charge in [-0.25, -0.2) is 4.79 Å². The third-order valence-electron chi connectivity index (χ3n) is 4.01. The number of amides is 1. The number of fused-ring (bicyclic) bond motifs is 1. The summed E-state index contributed by atoms with van der Waals surface area (Å²) < 4.78 is 15.5. The van der Waals surface area contributed by atoms with Crippen molar-refractivity contribution in [2.24, 2.45) is 0 Å². The summed E-state index contributed by atoms with van der Waals surface area (Å²) in [5.41, 5.74) is 0.936. The third-order valence-corrected chi connectivity index (χ3v) is 4.01. The van der Waals surface area contributed by atoms with Crippen LogP contribution in [0.25, 0.3) is 10.8 Å². The van der Waals surface area contributed by atoms with Gasteiger partial charge in [0, 0.05) is 11.8 Å². The standard InChI is InChI=1S/C21H19NO5/c1-25-18-11-10-15(12-19(18)26-2)22-20(23)13-27-21(24)17-9-5-7-14-6-3-4-8-16(14)17/h3-12H,13H2,1-2H3,(H,22,23). The van der Waals surface area contributed by atoms with Gasteiger partial charge in [-0.1, -0.05) is 36.4 Å². The number of ether oxygens (including phenoxy) is 3. The van der Waals surface area contributed by atoms with Crippen LogP contribution in [0.5, 0.6) is 11.5 Å². The second kappa shape index (κ2) is 8.23. The number of anilines is 1. The van der Waals surface area contributed by atoms with E-state index in [0.29, 0.717) is 22.7 Å². The Bertz CT molecular complexity index is 978. The second-order valence-corrected chi connectivity index (χ2v) is 5.72. The maximum atomic E-state index is 12.4. The number of esters is 1. The van der Waals surface area contributed by atoms with Gasteiger partial charge in [0.05, 0.1) is 19.8 Å². The predicted molar refractivity (Wildman–Crippen MR) is 102 cm³/mol. The normalized spacial score (nSPS) is 10.3. The van der Waals surface area contributed by atoms with Crippen LogP contribution in [-0.2, 0) is 9.53 Å². The van der Waals surface area contributed by atoms with Crippen molar-refractivity contribution in [2.75, 3.05) is 26.1 Å². The summed E-state index contributed by atoms with van der Waals surface area (Å²) in [5.74, 6) is 0.0472. The van der Waals surface area contributed by atoms with Crippen molar-refractivity contribution in [3.05, 3.63) is 66.2 Å². The molecule has 1 amide bonds. The molecule has 3 rings (SSSR count). The van der Waals surface area contributed by atoms with E-state index in [1.807, 2.05) is 30.3 Å². The van der Waals surface area contributed by atoms with E-state index in [1.54, 1.807) is 30.3 Å². The van der Waals surface area contributed by atoms with Crippen molar-refractivity contribution in [3.63, 3.8) is 0 Å². The van der Waals surface area contributed by atoms with Gasteiger partial charge in [-0.3, -0.25) is 4.79 Å². The van der Waals surface area contributed by atoms with Crippen LogP contribution in [0.2, 0.25) is 0 Å². The Balaban J connectivity index is 1.64. The minimum atomic E-state index is -0.547. The highest BCUT2D eigenvalue weighted by molar-refractivity contribution is 6.05. The quantitative estimate of drug-likeness (QED) is 0.675. The molecule has 6 heteroatoms. The Hall–Kier alpha value is -3.54. The summed E-state index contributed by atoms with van der Waals surface area (Å²) >= 11 is 0. The highest BCUT2D eigenvalue weighted by Crippen LogP contribution is 2.29. The van der Waals surface area contributed by atoms with E-state index in [4.69, 9.17) is 14.2 Å². The average molecular weight is 365 g/mol. The van der Waals surface area contributed by atoms with Gasteiger partial charge in [0.25, 0.3) is 5.91 Å². The third kappa shape index (κ3) is 4.17. The first-order chi connectivity index (χ1) is 13.1. The molecule has 0 saturated heterocycles. The number of carbonyl (C=O) groups is 2. The van der Waals surface area contributed by atoms with Gasteiger partial charge in [0.15, 0.2) is 18.1 Å². The fourth-order valence-corrected chi connectivity index (χ4v) is 2.72. The molecule has 3 aromatic carbocycles. The van der Waals surface area contributed by atoms with Crippen LogP contribution < -0.4 is 14.8 Å². The van der Waals surface area contributed by atoms with Crippen molar-refractivity contribution < 1.29 is 23.8 Å². The first kappa shape index (κ1) is 18.3. The molecule has 0 radical (unpaired) electrons. The van der Waals surface area contributed by atoms with Crippen LogP contribution in [0.4, 0.5) is 5.69 Å². The summed E-state index contributed by atoms with van der Waals surface area (Å²) in [6.45, 7) is -0.392. The fourth-order valence-electron chi connectivity index (χ4n) is 2.72. The minimum absolute atomic E-state index is 0.392. The molecule has 0 saturated carbocycles. The molecule has 0 atom stereocenters. The van der Waals surface area contributed by atoms with E-state index >= 15 is 0 Å². The summed E-state index contributed by atoms with van der Waals surface area (Å²) in [6, 6.07) is 17.9. The van der Waals surface area contributed by atoms with E-state index in [1.165, 1.54) is 14.2 Å². The van der Waals surface area contributed by atoms with E-state index in [9.17, 15) is 9.59 Å². The lowest BCUT2D eigenvalue weighted by Crippen LogP contribution is -2.21. The molecule has 0 unspecified atom stereocenters. The number of methoxy groups -OCH3 is 2. The predicted octanol–water partition coefficient (Wildman–Crippen LogP) is 3.65. The van der Waals surface area contributed by atoms with Gasteiger partial charge >= 0.3 is 5.97 Å². The lowest BCUT2D eigenvalue weighted by atomic mass is 10.1. The van der Waals surface area contributed by atoms with Gasteiger partial charge in [0.1, 0.15) is 0 Å². The number of benzene rings is 3. The van der Waals surface area contributed by atoms with Crippen LogP contribution in [0.15, 0.2) is 60.7 Å². The lowest BCUT2D eigenvalue weighted by molar-refractivity contribution is -0.119. The number of nitrogens with one attached hydrogen (secondary N) is 1. The Labute approximate surface area is 156 Å². The molecule has 0 fully saturated rings. The summed E-state index contributed by atoms with van der Waals surface area (Å²) in [5, 5.41) is 4.38. The zero-order valence-electron chi connectivity index (χ0n) is 15.0. The minimum Gasteiger partial charge on any atom is -0.493 e. The summed E-state index contributed by atoms with van der Waals surface area (Å²) in [7, 11) is 3.04. The maximum Gasteiger partial charge on any atom is 0.339 e. The number of hydrogen-bond acceptors (Lipinski definition) is 5. The smallest absolute Gasteiger partial charge is 0.339 e. The molecule has 0 bridgehead atoms. The summed E-state index contributed by atoms with van der Waals surface area (Å²) in [4.78, 5) is 24.5. The van der Waals surface area contributed by atoms with Gasteiger partial charge in [-0.2, -0.15) is 0 Å².